The minimum Gasteiger partial charge on any atom is -0.508 e. The van der Waals surface area contributed by atoms with Crippen LogP contribution in [0.5, 0.6) is 5.75 Å². The van der Waals surface area contributed by atoms with Crippen molar-refractivity contribution >= 4 is 29.3 Å². The molecule has 0 aliphatic heterocycles. The molecule has 0 fully saturated rings. The van der Waals surface area contributed by atoms with Crippen LogP contribution in [0, 0.1) is 21.4 Å². The predicted molar refractivity (Wildman–Crippen MR) is 90.4 cm³/mol. The first-order chi connectivity index (χ1) is 12.3. The Kier molecular flexibility index (Phi) is 5.30. The van der Waals surface area contributed by atoms with Gasteiger partial charge in [-0.1, -0.05) is 6.07 Å². The first-order valence-electron chi connectivity index (χ1n) is 7.05. The number of aromatic hydroxyl groups is 1. The van der Waals surface area contributed by atoms with E-state index in [1.54, 1.807) is 6.07 Å². The minimum atomic E-state index is -1.19. The van der Waals surface area contributed by atoms with Gasteiger partial charge in [0.15, 0.2) is 0 Å². The van der Waals surface area contributed by atoms with Gasteiger partial charge in [0.05, 0.1) is 16.1 Å². The number of anilines is 1. The fourth-order valence-electron chi connectivity index (χ4n) is 2.06. The third kappa shape index (κ3) is 4.21. The highest BCUT2D eigenvalue weighted by molar-refractivity contribution is 6.10. The summed E-state index contributed by atoms with van der Waals surface area (Å²) in [7, 11) is 0. The topological polar surface area (TPSA) is 154 Å². The summed E-state index contributed by atoms with van der Waals surface area (Å²) in [5.74, 6) is -2.34. The molecule has 2 aromatic carbocycles. The average molecular weight is 353 g/mol. The van der Waals surface area contributed by atoms with Crippen LogP contribution in [0.4, 0.5) is 11.4 Å². The van der Waals surface area contributed by atoms with Gasteiger partial charge in [-0.2, -0.15) is 5.26 Å². The monoisotopic (exact) mass is 353 g/mol. The normalized spacial score (nSPS) is 10.7. The molecule has 130 valence electrons. The lowest BCUT2D eigenvalue weighted by molar-refractivity contribution is -0.385. The SMILES string of the molecule is N#CC(=Cc1cc(O)ccc1[N+](=O)[O-])C(=O)Nc1cccc(C(=O)O)c1. The molecule has 0 unspecified atom stereocenters. The Morgan fingerprint density at radius 1 is 1.23 bits per heavy atom. The minimum absolute atomic E-state index is 0.0612. The number of benzene rings is 2. The summed E-state index contributed by atoms with van der Waals surface area (Å²) in [6, 6.07) is 10.2. The van der Waals surface area contributed by atoms with Crippen LogP contribution in [0.15, 0.2) is 48.0 Å². The Balaban J connectivity index is 2.35. The second-order valence-electron chi connectivity index (χ2n) is 5.01. The molecule has 0 spiro atoms. The number of nitrogens with one attached hydrogen (secondary N) is 1. The maximum Gasteiger partial charge on any atom is 0.335 e. The first-order valence-corrected chi connectivity index (χ1v) is 7.05. The van der Waals surface area contributed by atoms with Crippen molar-refractivity contribution in [1.82, 2.24) is 0 Å². The molecule has 2 aromatic rings. The number of carboxylic acids is 1. The number of nitrogens with zero attached hydrogens (tertiary/aromatic N) is 2. The Bertz CT molecular complexity index is 975. The molecule has 2 rings (SSSR count). The molecular weight excluding hydrogens is 342 g/mol. The van der Waals surface area contributed by atoms with Crippen LogP contribution in [0.3, 0.4) is 0 Å². The van der Waals surface area contributed by atoms with Gasteiger partial charge in [0.25, 0.3) is 11.6 Å². The average Bonchev–Trinajstić information content (AvgIpc) is 2.59. The third-order valence-corrected chi connectivity index (χ3v) is 3.24. The number of phenols is 1. The Labute approximate surface area is 146 Å². The van der Waals surface area contributed by atoms with Crippen LogP contribution >= 0.6 is 0 Å². The lowest BCUT2D eigenvalue weighted by Gasteiger charge is -2.05. The number of nitro groups is 1. The van der Waals surface area contributed by atoms with Crippen molar-refractivity contribution in [3.63, 3.8) is 0 Å². The molecule has 3 N–H and O–H groups in total. The van der Waals surface area contributed by atoms with Gasteiger partial charge in [0.1, 0.15) is 17.4 Å². The van der Waals surface area contributed by atoms with E-state index in [0.29, 0.717) is 0 Å². The lowest BCUT2D eigenvalue weighted by atomic mass is 10.1. The molecule has 0 aliphatic carbocycles. The second-order valence-corrected chi connectivity index (χ2v) is 5.01. The number of phenolic OH excluding ortho intramolecular Hbond substituents is 1. The fraction of sp³-hybridized carbons (Fsp3) is 0. The van der Waals surface area contributed by atoms with Gasteiger partial charge in [-0.05, 0) is 36.4 Å². The molecular formula is C17H11N3O6. The number of aromatic carboxylic acids is 1. The zero-order valence-electron chi connectivity index (χ0n) is 13.0. The van der Waals surface area contributed by atoms with Crippen molar-refractivity contribution < 1.29 is 24.7 Å². The molecule has 0 saturated heterocycles. The maximum atomic E-state index is 12.2. The van der Waals surface area contributed by atoms with E-state index in [2.05, 4.69) is 5.32 Å². The van der Waals surface area contributed by atoms with Gasteiger partial charge in [-0.15, -0.1) is 0 Å². The first kappa shape index (κ1) is 18.2. The van der Waals surface area contributed by atoms with Gasteiger partial charge in [-0.3, -0.25) is 14.9 Å². The molecule has 0 atom stereocenters. The zero-order chi connectivity index (χ0) is 19.3. The van der Waals surface area contributed by atoms with Crippen molar-refractivity contribution in [2.24, 2.45) is 0 Å². The lowest BCUT2D eigenvalue weighted by Crippen LogP contribution is -2.14. The van der Waals surface area contributed by atoms with Crippen LogP contribution < -0.4 is 5.32 Å². The highest BCUT2D eigenvalue weighted by Crippen LogP contribution is 2.25. The zero-order valence-corrected chi connectivity index (χ0v) is 13.0. The summed E-state index contributed by atoms with van der Waals surface area (Å²) in [6.07, 6.45) is 0.967. The van der Waals surface area contributed by atoms with Crippen molar-refractivity contribution in [2.45, 2.75) is 0 Å². The predicted octanol–water partition coefficient (Wildman–Crippen LogP) is 2.54. The van der Waals surface area contributed by atoms with Crippen LogP contribution in [-0.2, 0) is 4.79 Å². The molecule has 0 radical (unpaired) electrons. The van der Waals surface area contributed by atoms with Crippen molar-refractivity contribution in [1.29, 1.82) is 5.26 Å². The highest BCUT2D eigenvalue weighted by Gasteiger charge is 2.16. The molecule has 0 aromatic heterocycles. The quantitative estimate of drug-likeness (QED) is 0.323. The van der Waals surface area contributed by atoms with Crippen molar-refractivity contribution in [3.05, 3.63) is 69.3 Å². The number of rotatable bonds is 5. The Hall–Kier alpha value is -4.19. The van der Waals surface area contributed by atoms with E-state index in [1.807, 2.05) is 0 Å². The second kappa shape index (κ2) is 7.59. The number of hydrogen-bond acceptors (Lipinski definition) is 6. The summed E-state index contributed by atoms with van der Waals surface area (Å²) >= 11 is 0. The molecule has 0 saturated carbocycles. The molecule has 9 nitrogen and oxygen atoms in total. The third-order valence-electron chi connectivity index (χ3n) is 3.24. The molecule has 26 heavy (non-hydrogen) atoms. The van der Waals surface area contributed by atoms with Crippen LogP contribution in [-0.4, -0.2) is 27.0 Å². The van der Waals surface area contributed by atoms with E-state index in [1.165, 1.54) is 24.3 Å². The Morgan fingerprint density at radius 3 is 2.58 bits per heavy atom. The molecule has 0 aliphatic rings. The summed E-state index contributed by atoms with van der Waals surface area (Å²) in [5.41, 5.74) is -0.896. The van der Waals surface area contributed by atoms with E-state index >= 15 is 0 Å². The number of amides is 1. The smallest absolute Gasteiger partial charge is 0.335 e. The van der Waals surface area contributed by atoms with Gasteiger partial charge in [-0.25, -0.2) is 4.79 Å². The number of carboxylic acid groups (broad SMARTS) is 1. The summed E-state index contributed by atoms with van der Waals surface area (Å²) in [6.45, 7) is 0. The number of nitriles is 1. The van der Waals surface area contributed by atoms with E-state index in [9.17, 15) is 30.1 Å². The van der Waals surface area contributed by atoms with Gasteiger partial charge in [0.2, 0.25) is 0 Å². The van der Waals surface area contributed by atoms with E-state index in [0.717, 1.165) is 24.3 Å². The fourth-order valence-corrected chi connectivity index (χ4v) is 2.06. The van der Waals surface area contributed by atoms with Gasteiger partial charge < -0.3 is 15.5 Å². The standard InChI is InChI=1S/C17H11N3O6/c18-9-12(6-11-8-14(21)4-5-15(11)20(25)26)16(22)19-13-3-1-2-10(7-13)17(23)24/h1-8,21H,(H,19,22)(H,23,24). The largest absolute Gasteiger partial charge is 0.508 e. The van der Waals surface area contributed by atoms with Gasteiger partial charge >= 0.3 is 5.97 Å². The number of carbonyl (C=O) groups is 2. The summed E-state index contributed by atoms with van der Waals surface area (Å²) in [4.78, 5) is 33.5. The summed E-state index contributed by atoms with van der Waals surface area (Å²) in [5, 5.41) is 40.9. The Morgan fingerprint density at radius 2 is 1.96 bits per heavy atom. The van der Waals surface area contributed by atoms with Crippen molar-refractivity contribution in [3.8, 4) is 11.8 Å². The molecule has 9 heteroatoms. The maximum absolute atomic E-state index is 12.2. The number of hydrogen-bond donors (Lipinski definition) is 3. The summed E-state index contributed by atoms with van der Waals surface area (Å²) < 4.78 is 0. The van der Waals surface area contributed by atoms with E-state index in [4.69, 9.17) is 5.11 Å². The van der Waals surface area contributed by atoms with Crippen LogP contribution in [0.25, 0.3) is 6.08 Å². The highest BCUT2D eigenvalue weighted by atomic mass is 16.6. The van der Waals surface area contributed by atoms with E-state index in [-0.39, 0.29) is 22.6 Å². The van der Waals surface area contributed by atoms with E-state index < -0.39 is 28.1 Å². The molecule has 0 bridgehead atoms. The van der Waals surface area contributed by atoms with Gasteiger partial charge in [0, 0.05) is 11.8 Å². The molecule has 0 heterocycles. The molecule has 1 amide bonds. The van der Waals surface area contributed by atoms with Crippen molar-refractivity contribution in [2.75, 3.05) is 5.32 Å². The number of nitro benzene ring substituents is 1. The van der Waals surface area contributed by atoms with Crippen LogP contribution in [0.1, 0.15) is 15.9 Å². The van der Waals surface area contributed by atoms with Crippen LogP contribution in [0.2, 0.25) is 0 Å². The number of carbonyl (C=O) groups excluding carboxylic acids is 1.